The molecule has 156 valence electrons. The van der Waals surface area contributed by atoms with Crippen molar-refractivity contribution in [2.45, 2.75) is 0 Å². The summed E-state index contributed by atoms with van der Waals surface area (Å²) < 4.78 is 12.8. The first-order valence-corrected chi connectivity index (χ1v) is 10.9. The highest BCUT2D eigenvalue weighted by Gasteiger charge is 2.23. The van der Waals surface area contributed by atoms with Gasteiger partial charge in [0.05, 0.1) is 11.4 Å². The van der Waals surface area contributed by atoms with Gasteiger partial charge in [-0.25, -0.2) is 0 Å². The van der Waals surface area contributed by atoms with Gasteiger partial charge in [-0.2, -0.15) is 4.98 Å². The van der Waals surface area contributed by atoms with Crippen LogP contribution < -0.4 is 4.90 Å². The molecular weight excluding hydrogens is 408 g/mol. The second-order valence-electron chi connectivity index (χ2n) is 8.05. The van der Waals surface area contributed by atoms with Crippen LogP contribution in [0.2, 0.25) is 0 Å². The number of para-hydroxylation sites is 4. The molecule has 0 fully saturated rings. The van der Waals surface area contributed by atoms with Crippen LogP contribution in [0.15, 0.2) is 118 Å². The molecule has 0 aliphatic rings. The van der Waals surface area contributed by atoms with Crippen molar-refractivity contribution in [1.82, 2.24) is 4.98 Å². The van der Waals surface area contributed by atoms with Crippen LogP contribution in [-0.2, 0) is 0 Å². The summed E-state index contributed by atoms with van der Waals surface area (Å²) >= 11 is 0. The number of nitrogens with zero attached hydrogens (tertiary/aromatic N) is 2. The number of hydrogen-bond acceptors (Lipinski definition) is 4. The van der Waals surface area contributed by atoms with Gasteiger partial charge in [0.15, 0.2) is 11.2 Å². The molecule has 0 N–H and O–H groups in total. The number of aromatic nitrogens is 1. The largest absolute Gasteiger partial charge is 0.453 e. The predicted molar refractivity (Wildman–Crippen MR) is 133 cm³/mol. The maximum absolute atomic E-state index is 6.58. The second-order valence-corrected chi connectivity index (χ2v) is 8.05. The number of benzene rings is 5. The third-order valence-electron chi connectivity index (χ3n) is 6.10. The lowest BCUT2D eigenvalue weighted by Gasteiger charge is -2.21. The van der Waals surface area contributed by atoms with Gasteiger partial charge in [-0.1, -0.05) is 72.8 Å². The van der Waals surface area contributed by atoms with E-state index in [-0.39, 0.29) is 0 Å². The van der Waals surface area contributed by atoms with Crippen molar-refractivity contribution in [3.8, 4) is 0 Å². The van der Waals surface area contributed by atoms with E-state index in [9.17, 15) is 0 Å². The lowest BCUT2D eigenvalue weighted by molar-refractivity contribution is 0.606. The van der Waals surface area contributed by atoms with Crippen molar-refractivity contribution in [3.63, 3.8) is 0 Å². The quantitative estimate of drug-likeness (QED) is 0.285. The number of fused-ring (bicyclic) bond motifs is 6. The van der Waals surface area contributed by atoms with Crippen LogP contribution in [0.25, 0.3) is 43.8 Å². The fraction of sp³-hybridized carbons (Fsp3) is 0. The standard InChI is InChI=1S/C29H18N2O2/c1-2-10-20(11-3-1)31(29-30-24-14-6-7-16-26(24)32-29)25-15-8-13-22-23-18-17-19-9-4-5-12-21(19)27(23)33-28(22)25/h1-18H. The first-order valence-electron chi connectivity index (χ1n) is 10.9. The summed E-state index contributed by atoms with van der Waals surface area (Å²) in [7, 11) is 0. The van der Waals surface area contributed by atoms with Crippen LogP contribution in [0, 0.1) is 0 Å². The third-order valence-corrected chi connectivity index (χ3v) is 6.10. The summed E-state index contributed by atoms with van der Waals surface area (Å²) in [6.07, 6.45) is 0. The molecule has 0 aliphatic heterocycles. The predicted octanol–water partition coefficient (Wildman–Crippen LogP) is 8.35. The molecule has 0 spiro atoms. The first-order chi connectivity index (χ1) is 16.4. The SMILES string of the molecule is c1ccc(N(c2nc3ccccc3o2)c2cccc3c2oc2c4ccccc4ccc32)cc1. The molecular formula is C29H18N2O2. The average Bonchev–Trinajstić information content (AvgIpc) is 3.47. The van der Waals surface area contributed by atoms with Crippen LogP contribution in [0.1, 0.15) is 0 Å². The molecule has 7 aromatic rings. The Hall–Kier alpha value is -4.57. The van der Waals surface area contributed by atoms with Crippen molar-refractivity contribution >= 4 is 61.2 Å². The Morgan fingerprint density at radius 3 is 2.21 bits per heavy atom. The lowest BCUT2D eigenvalue weighted by atomic mass is 10.1. The van der Waals surface area contributed by atoms with Gasteiger partial charge in [0.25, 0.3) is 0 Å². The minimum absolute atomic E-state index is 0.500. The highest BCUT2D eigenvalue weighted by Crippen LogP contribution is 2.43. The Bertz CT molecular complexity index is 1750. The molecule has 2 aromatic heterocycles. The van der Waals surface area contributed by atoms with Gasteiger partial charge in [-0.3, -0.25) is 4.90 Å². The number of anilines is 3. The van der Waals surface area contributed by atoms with Gasteiger partial charge in [-0.15, -0.1) is 0 Å². The van der Waals surface area contributed by atoms with E-state index < -0.39 is 0 Å². The summed E-state index contributed by atoms with van der Waals surface area (Å²) in [5.74, 6) is 0. The molecule has 4 heteroatoms. The fourth-order valence-electron chi connectivity index (χ4n) is 4.57. The average molecular weight is 426 g/mol. The normalized spacial score (nSPS) is 11.6. The minimum Gasteiger partial charge on any atom is -0.453 e. The van der Waals surface area contributed by atoms with Crippen LogP contribution in [0.3, 0.4) is 0 Å². The fourth-order valence-corrected chi connectivity index (χ4v) is 4.57. The van der Waals surface area contributed by atoms with E-state index >= 15 is 0 Å². The van der Waals surface area contributed by atoms with Gasteiger partial charge < -0.3 is 8.83 Å². The smallest absolute Gasteiger partial charge is 0.307 e. The van der Waals surface area contributed by atoms with Gasteiger partial charge in [0.1, 0.15) is 11.1 Å². The Morgan fingerprint density at radius 1 is 0.545 bits per heavy atom. The van der Waals surface area contributed by atoms with E-state index in [0.29, 0.717) is 6.01 Å². The van der Waals surface area contributed by atoms with E-state index in [0.717, 1.165) is 55.2 Å². The molecule has 4 nitrogen and oxygen atoms in total. The van der Waals surface area contributed by atoms with Crippen molar-refractivity contribution in [3.05, 3.63) is 109 Å². The number of furan rings is 1. The van der Waals surface area contributed by atoms with Crippen molar-refractivity contribution in [2.24, 2.45) is 0 Å². The molecule has 0 aliphatic carbocycles. The molecule has 0 atom stereocenters. The zero-order valence-corrected chi connectivity index (χ0v) is 17.6. The Morgan fingerprint density at radius 2 is 1.30 bits per heavy atom. The summed E-state index contributed by atoms with van der Waals surface area (Å²) in [6.45, 7) is 0. The van der Waals surface area contributed by atoms with Gasteiger partial charge in [-0.05, 0) is 41.8 Å². The lowest BCUT2D eigenvalue weighted by Crippen LogP contribution is -2.10. The molecule has 5 aromatic carbocycles. The number of rotatable bonds is 3. The minimum atomic E-state index is 0.500. The molecule has 0 unspecified atom stereocenters. The zero-order valence-electron chi connectivity index (χ0n) is 17.6. The van der Waals surface area contributed by atoms with Crippen LogP contribution in [0.5, 0.6) is 0 Å². The molecule has 33 heavy (non-hydrogen) atoms. The molecule has 0 amide bonds. The molecule has 0 bridgehead atoms. The monoisotopic (exact) mass is 426 g/mol. The molecule has 0 saturated heterocycles. The highest BCUT2D eigenvalue weighted by atomic mass is 16.4. The maximum Gasteiger partial charge on any atom is 0.307 e. The Kier molecular flexibility index (Phi) is 3.81. The highest BCUT2D eigenvalue weighted by molar-refractivity contribution is 6.17. The van der Waals surface area contributed by atoms with Crippen molar-refractivity contribution in [1.29, 1.82) is 0 Å². The summed E-state index contributed by atoms with van der Waals surface area (Å²) in [6, 6.07) is 37.2. The topological polar surface area (TPSA) is 42.4 Å². The molecule has 7 rings (SSSR count). The van der Waals surface area contributed by atoms with Gasteiger partial charge >= 0.3 is 6.01 Å². The van der Waals surface area contributed by atoms with Crippen molar-refractivity contribution in [2.75, 3.05) is 4.90 Å². The van der Waals surface area contributed by atoms with Gasteiger partial charge in [0, 0.05) is 16.2 Å². The first kappa shape index (κ1) is 18.0. The van der Waals surface area contributed by atoms with E-state index in [2.05, 4.69) is 42.5 Å². The second kappa shape index (κ2) is 6.97. The number of hydrogen-bond donors (Lipinski definition) is 0. The van der Waals surface area contributed by atoms with E-state index in [4.69, 9.17) is 13.8 Å². The molecule has 0 saturated carbocycles. The summed E-state index contributed by atoms with van der Waals surface area (Å²) in [5, 5.41) is 4.41. The Balaban J connectivity index is 1.55. The zero-order chi connectivity index (χ0) is 21.8. The van der Waals surface area contributed by atoms with Crippen molar-refractivity contribution < 1.29 is 8.83 Å². The summed E-state index contributed by atoms with van der Waals surface area (Å²) in [5.41, 5.74) is 5.08. The van der Waals surface area contributed by atoms with E-state index in [1.807, 2.05) is 71.6 Å². The van der Waals surface area contributed by atoms with Crippen LogP contribution in [-0.4, -0.2) is 4.98 Å². The molecule has 2 heterocycles. The number of oxazole rings is 1. The Labute approximate surface area is 189 Å². The van der Waals surface area contributed by atoms with Crippen LogP contribution in [0.4, 0.5) is 17.4 Å². The van der Waals surface area contributed by atoms with Crippen LogP contribution >= 0.6 is 0 Å². The molecule has 0 radical (unpaired) electrons. The summed E-state index contributed by atoms with van der Waals surface area (Å²) in [4.78, 5) is 6.81. The van der Waals surface area contributed by atoms with E-state index in [1.165, 1.54) is 0 Å². The van der Waals surface area contributed by atoms with E-state index in [1.54, 1.807) is 0 Å². The third kappa shape index (κ3) is 2.74. The maximum atomic E-state index is 6.58. The van der Waals surface area contributed by atoms with Gasteiger partial charge in [0.2, 0.25) is 0 Å².